The molecular weight excluding hydrogens is 636 g/mol. The highest BCUT2D eigenvalue weighted by molar-refractivity contribution is 5.88. The maximum atomic E-state index is 13.4. The summed E-state index contributed by atoms with van der Waals surface area (Å²) in [4.78, 5) is 65.6. The number of ether oxygens (including phenoxy) is 2. The number of hydrogen-bond acceptors (Lipinski definition) is 8. The van der Waals surface area contributed by atoms with E-state index in [1.807, 2.05) is 51.1 Å². The van der Waals surface area contributed by atoms with Crippen LogP contribution in [0, 0.1) is 11.3 Å². The van der Waals surface area contributed by atoms with Crippen LogP contribution in [0.2, 0.25) is 0 Å². The Balaban J connectivity index is 3.00. The molecule has 0 saturated heterocycles. The van der Waals surface area contributed by atoms with Crippen LogP contribution < -0.4 is 21.7 Å². The molecule has 5 N–H and O–H groups in total. The Morgan fingerprint density at radius 1 is 0.760 bits per heavy atom. The molecular formula is C39H66N4O7. The van der Waals surface area contributed by atoms with Crippen LogP contribution in [0.25, 0.3) is 0 Å². The van der Waals surface area contributed by atoms with Crippen LogP contribution >= 0.6 is 0 Å². The zero-order valence-electron chi connectivity index (χ0n) is 32.2. The lowest BCUT2D eigenvalue weighted by atomic mass is 9.86. The third-order valence-corrected chi connectivity index (χ3v) is 7.62. The first kappa shape index (κ1) is 44.6. The van der Waals surface area contributed by atoms with Crippen LogP contribution in [0.4, 0.5) is 4.79 Å². The Labute approximate surface area is 300 Å². The Morgan fingerprint density at radius 3 is 1.96 bits per heavy atom. The van der Waals surface area contributed by atoms with Gasteiger partial charge in [-0.2, -0.15) is 0 Å². The van der Waals surface area contributed by atoms with Gasteiger partial charge in [-0.25, -0.2) is 9.59 Å². The normalized spacial score (nSPS) is 13.8. The van der Waals surface area contributed by atoms with Crippen molar-refractivity contribution in [1.29, 1.82) is 0 Å². The van der Waals surface area contributed by atoms with Gasteiger partial charge >= 0.3 is 18.0 Å². The Morgan fingerprint density at radius 2 is 1.38 bits per heavy atom. The quantitative estimate of drug-likeness (QED) is 0.0874. The number of unbranched alkanes of at least 4 members (excludes halogenated alkanes) is 3. The predicted molar refractivity (Wildman–Crippen MR) is 197 cm³/mol. The standard InChI is InChI=1S/C39H66N4O7/c1-37(2,3)27-30(19-22-33(45)49-38(4,5)6)42-36(48)43-32(35(47)50-39(7,8)9)21-20-31(44)26-29(25-28-17-13-12-14-18-28)34(46)41-24-16-11-10-15-23-40/h12-14,17-18,29-30,32H,10-11,15-16,19-27,40H2,1-9H3,(H,41,46)(H2,42,43,48)/t29-,30+,32+/m1/s1. The molecule has 3 atom stereocenters. The fourth-order valence-electron chi connectivity index (χ4n) is 5.47. The second kappa shape index (κ2) is 21.7. The topological polar surface area (TPSA) is 166 Å². The minimum atomic E-state index is -1.10. The molecule has 3 amide bonds. The van der Waals surface area contributed by atoms with Gasteiger partial charge in [0.15, 0.2) is 0 Å². The van der Waals surface area contributed by atoms with Gasteiger partial charge < -0.3 is 31.2 Å². The minimum Gasteiger partial charge on any atom is -0.460 e. The molecule has 0 unspecified atom stereocenters. The summed E-state index contributed by atoms with van der Waals surface area (Å²) in [7, 11) is 0. The van der Waals surface area contributed by atoms with Gasteiger partial charge in [0.1, 0.15) is 23.0 Å². The number of benzene rings is 1. The average molecular weight is 703 g/mol. The molecule has 1 aromatic carbocycles. The van der Waals surface area contributed by atoms with Gasteiger partial charge in [-0.1, -0.05) is 63.9 Å². The number of Topliss-reactive ketones (excluding diaryl/α,β-unsaturated/α-hetero) is 1. The predicted octanol–water partition coefficient (Wildman–Crippen LogP) is 6.16. The Bertz CT molecular complexity index is 1200. The molecule has 0 aromatic heterocycles. The van der Waals surface area contributed by atoms with E-state index in [1.165, 1.54) is 0 Å². The van der Waals surface area contributed by atoms with Crippen LogP contribution in [0.15, 0.2) is 30.3 Å². The Kier molecular flexibility index (Phi) is 19.3. The molecule has 1 aromatic rings. The molecule has 11 heteroatoms. The van der Waals surface area contributed by atoms with Crippen LogP contribution in [0.1, 0.15) is 132 Å². The van der Waals surface area contributed by atoms with Gasteiger partial charge in [-0.15, -0.1) is 0 Å². The number of esters is 2. The third-order valence-electron chi connectivity index (χ3n) is 7.62. The number of carbonyl (C=O) groups is 5. The molecule has 0 radical (unpaired) electrons. The van der Waals surface area contributed by atoms with E-state index in [2.05, 4.69) is 16.0 Å². The molecule has 0 saturated carbocycles. The molecule has 50 heavy (non-hydrogen) atoms. The van der Waals surface area contributed by atoms with Crippen molar-refractivity contribution in [1.82, 2.24) is 16.0 Å². The second-order valence-corrected chi connectivity index (χ2v) is 16.5. The SMILES string of the molecule is CC(C)(C)C[C@H](CCC(=O)OC(C)(C)C)NC(=O)N[C@@H](CCC(=O)C[C@@H](Cc1ccccc1)C(=O)NCCCCCCN)C(=O)OC(C)(C)C. The molecule has 0 spiro atoms. The number of ketones is 1. The maximum absolute atomic E-state index is 13.4. The average Bonchev–Trinajstić information content (AvgIpc) is 2.97. The molecule has 0 aliphatic heterocycles. The lowest BCUT2D eigenvalue weighted by Crippen LogP contribution is -2.51. The smallest absolute Gasteiger partial charge is 0.329 e. The van der Waals surface area contributed by atoms with Gasteiger partial charge in [0.2, 0.25) is 5.91 Å². The lowest BCUT2D eigenvalue weighted by Gasteiger charge is -2.29. The second-order valence-electron chi connectivity index (χ2n) is 16.5. The van der Waals surface area contributed by atoms with Crippen LogP contribution in [0.5, 0.6) is 0 Å². The van der Waals surface area contributed by atoms with Crippen molar-refractivity contribution in [2.75, 3.05) is 13.1 Å². The van der Waals surface area contributed by atoms with Crippen molar-refractivity contribution >= 4 is 29.7 Å². The molecule has 0 heterocycles. The van der Waals surface area contributed by atoms with E-state index < -0.39 is 35.2 Å². The summed E-state index contributed by atoms with van der Waals surface area (Å²) in [5, 5.41) is 8.64. The van der Waals surface area contributed by atoms with Gasteiger partial charge in [-0.3, -0.25) is 14.4 Å². The van der Waals surface area contributed by atoms with Gasteiger partial charge in [0, 0.05) is 37.8 Å². The van der Waals surface area contributed by atoms with E-state index in [-0.39, 0.29) is 54.8 Å². The van der Waals surface area contributed by atoms with Crippen molar-refractivity contribution in [3.8, 4) is 0 Å². The number of urea groups is 1. The molecule has 1 rings (SSSR count). The molecule has 0 aliphatic carbocycles. The summed E-state index contributed by atoms with van der Waals surface area (Å²) in [6.07, 6.45) is 5.18. The van der Waals surface area contributed by atoms with Crippen molar-refractivity contribution in [3.63, 3.8) is 0 Å². The first-order valence-electron chi connectivity index (χ1n) is 18.2. The molecule has 0 aliphatic rings. The van der Waals surface area contributed by atoms with Crippen LogP contribution in [0.3, 0.4) is 0 Å². The number of hydrogen-bond donors (Lipinski definition) is 4. The number of nitrogens with one attached hydrogen (secondary N) is 3. The highest BCUT2D eigenvalue weighted by Gasteiger charge is 2.30. The van der Waals surface area contributed by atoms with Crippen LogP contribution in [-0.2, 0) is 35.1 Å². The van der Waals surface area contributed by atoms with Gasteiger partial charge in [0.05, 0.1) is 0 Å². The fraction of sp³-hybridized carbons (Fsp3) is 0.718. The molecule has 284 valence electrons. The van der Waals surface area contributed by atoms with E-state index in [9.17, 15) is 24.0 Å². The summed E-state index contributed by atoms with van der Waals surface area (Å²) in [6, 6.07) is 7.48. The van der Waals surface area contributed by atoms with Gasteiger partial charge in [-0.05, 0) is 97.6 Å². The lowest BCUT2D eigenvalue weighted by molar-refractivity contribution is -0.157. The highest BCUT2D eigenvalue weighted by atomic mass is 16.6. The summed E-state index contributed by atoms with van der Waals surface area (Å²) < 4.78 is 11.0. The highest BCUT2D eigenvalue weighted by Crippen LogP contribution is 2.24. The molecule has 0 bridgehead atoms. The number of amides is 3. The van der Waals surface area contributed by atoms with E-state index >= 15 is 0 Å². The first-order chi connectivity index (χ1) is 23.2. The summed E-state index contributed by atoms with van der Waals surface area (Å²) in [6.45, 7) is 17.9. The summed E-state index contributed by atoms with van der Waals surface area (Å²) in [5.74, 6) is -1.96. The molecule has 11 nitrogen and oxygen atoms in total. The van der Waals surface area contributed by atoms with E-state index in [0.29, 0.717) is 32.4 Å². The van der Waals surface area contributed by atoms with E-state index in [4.69, 9.17) is 15.2 Å². The fourth-order valence-corrected chi connectivity index (χ4v) is 5.47. The number of nitrogens with two attached hydrogens (primary N) is 1. The monoisotopic (exact) mass is 702 g/mol. The number of rotatable bonds is 21. The van der Waals surface area contributed by atoms with E-state index in [1.54, 1.807) is 41.5 Å². The minimum absolute atomic E-state index is 0.000538. The van der Waals surface area contributed by atoms with Gasteiger partial charge in [0.25, 0.3) is 0 Å². The van der Waals surface area contributed by atoms with Crippen LogP contribution in [-0.4, -0.2) is 66.0 Å². The molecule has 0 fully saturated rings. The third kappa shape index (κ3) is 22.3. The summed E-state index contributed by atoms with van der Waals surface area (Å²) >= 11 is 0. The summed E-state index contributed by atoms with van der Waals surface area (Å²) in [5.41, 5.74) is 4.93. The van der Waals surface area contributed by atoms with Crippen molar-refractivity contribution < 1.29 is 33.4 Å². The number of carbonyl (C=O) groups excluding carboxylic acids is 5. The van der Waals surface area contributed by atoms with Crippen molar-refractivity contribution in [2.24, 2.45) is 17.1 Å². The Hall–Kier alpha value is -3.47. The van der Waals surface area contributed by atoms with E-state index in [0.717, 1.165) is 31.2 Å². The maximum Gasteiger partial charge on any atom is 0.329 e. The van der Waals surface area contributed by atoms with Crippen molar-refractivity contribution in [3.05, 3.63) is 35.9 Å². The zero-order valence-corrected chi connectivity index (χ0v) is 32.2. The van der Waals surface area contributed by atoms with Crippen molar-refractivity contribution in [2.45, 2.75) is 156 Å². The largest absolute Gasteiger partial charge is 0.460 e. The first-order valence-corrected chi connectivity index (χ1v) is 18.2. The zero-order chi connectivity index (χ0) is 38.0.